The molecule has 1 aliphatic rings. The average Bonchev–Trinajstić information content (AvgIpc) is 3.26. The van der Waals surface area contributed by atoms with Gasteiger partial charge >= 0.3 is 6.03 Å². The van der Waals surface area contributed by atoms with Gasteiger partial charge in [0.1, 0.15) is 0 Å². The van der Waals surface area contributed by atoms with Crippen LogP contribution >= 0.6 is 0 Å². The van der Waals surface area contributed by atoms with E-state index in [-0.39, 0.29) is 12.1 Å². The van der Waals surface area contributed by atoms with Gasteiger partial charge in [-0.1, -0.05) is 13.8 Å². The Morgan fingerprint density at radius 1 is 1.44 bits per heavy atom. The maximum absolute atomic E-state index is 12.8. The summed E-state index contributed by atoms with van der Waals surface area (Å²) < 4.78 is 1.89. The summed E-state index contributed by atoms with van der Waals surface area (Å²) in [6, 6.07) is 1.86. The van der Waals surface area contributed by atoms with E-state index in [0.29, 0.717) is 11.7 Å². The van der Waals surface area contributed by atoms with Gasteiger partial charge in [0.25, 0.3) is 0 Å². The zero-order valence-electron chi connectivity index (χ0n) is 15.5. The minimum atomic E-state index is -0.0865. The highest BCUT2D eigenvalue weighted by atomic mass is 16.2. The Morgan fingerprint density at radius 3 is 2.92 bits per heavy atom. The van der Waals surface area contributed by atoms with Crippen LogP contribution < -0.4 is 5.32 Å². The lowest BCUT2D eigenvalue weighted by molar-refractivity contribution is 0.206. The van der Waals surface area contributed by atoms with Crippen LogP contribution in [0.1, 0.15) is 56.1 Å². The third kappa shape index (κ3) is 3.86. The van der Waals surface area contributed by atoms with E-state index < -0.39 is 0 Å². The molecule has 2 aromatic heterocycles. The van der Waals surface area contributed by atoms with Crippen LogP contribution in [-0.2, 0) is 6.54 Å². The SMILES string of the molecule is Cc1n[nH]c(C)c1[C@H]1CCCN1C(=O)Nc1ccn(CCC(C)C)n1. The molecule has 0 aliphatic carbocycles. The van der Waals surface area contributed by atoms with E-state index in [0.717, 1.165) is 49.3 Å². The predicted molar refractivity (Wildman–Crippen MR) is 97.4 cm³/mol. The number of carbonyl (C=O) groups is 1. The van der Waals surface area contributed by atoms with Crippen molar-refractivity contribution in [3.63, 3.8) is 0 Å². The molecule has 2 N–H and O–H groups in total. The van der Waals surface area contributed by atoms with E-state index in [1.165, 1.54) is 0 Å². The number of urea groups is 1. The normalized spacial score (nSPS) is 17.5. The Bertz CT molecular complexity index is 712. The quantitative estimate of drug-likeness (QED) is 0.869. The topological polar surface area (TPSA) is 78.8 Å². The van der Waals surface area contributed by atoms with Crippen molar-refractivity contribution in [2.45, 2.75) is 59.5 Å². The number of rotatable bonds is 5. The first-order valence-electron chi connectivity index (χ1n) is 9.08. The zero-order chi connectivity index (χ0) is 18.0. The minimum Gasteiger partial charge on any atom is -0.317 e. The summed E-state index contributed by atoms with van der Waals surface area (Å²) in [6.45, 7) is 10.0. The Balaban J connectivity index is 1.66. The van der Waals surface area contributed by atoms with Gasteiger partial charge in [0.15, 0.2) is 5.82 Å². The van der Waals surface area contributed by atoms with Gasteiger partial charge in [-0.15, -0.1) is 0 Å². The molecule has 1 saturated heterocycles. The van der Waals surface area contributed by atoms with Gasteiger partial charge in [0.05, 0.1) is 11.7 Å². The van der Waals surface area contributed by atoms with Crippen molar-refractivity contribution in [2.75, 3.05) is 11.9 Å². The van der Waals surface area contributed by atoms with Crippen molar-refractivity contribution in [1.82, 2.24) is 24.9 Å². The number of aromatic nitrogens is 4. The number of aromatic amines is 1. The molecular weight excluding hydrogens is 316 g/mol. The van der Waals surface area contributed by atoms with Crippen LogP contribution in [-0.4, -0.2) is 37.5 Å². The van der Waals surface area contributed by atoms with Gasteiger partial charge < -0.3 is 4.90 Å². The Labute approximate surface area is 148 Å². The number of H-pyrrole nitrogens is 1. The minimum absolute atomic E-state index is 0.0850. The highest BCUT2D eigenvalue weighted by Gasteiger charge is 2.33. The van der Waals surface area contributed by atoms with E-state index in [2.05, 4.69) is 34.5 Å². The molecule has 7 nitrogen and oxygen atoms in total. The molecule has 3 rings (SSSR count). The standard InChI is InChI=1S/C18H28N6O/c1-12(2)7-10-23-11-8-16(22-23)19-18(25)24-9-5-6-15(24)17-13(3)20-21-14(17)4/h8,11-12,15H,5-7,9-10H2,1-4H3,(H,20,21)(H,19,22,25)/t15-/m1/s1. The van der Waals surface area contributed by atoms with E-state index in [9.17, 15) is 4.79 Å². The second kappa shape index (κ2) is 7.29. The summed E-state index contributed by atoms with van der Waals surface area (Å²) in [5.41, 5.74) is 3.16. The molecule has 2 aromatic rings. The number of aryl methyl sites for hydroxylation is 3. The predicted octanol–water partition coefficient (Wildman–Crippen LogP) is 3.64. The first-order valence-corrected chi connectivity index (χ1v) is 9.08. The molecular formula is C18H28N6O. The lowest BCUT2D eigenvalue weighted by Crippen LogP contribution is -2.35. The number of amides is 2. The summed E-state index contributed by atoms with van der Waals surface area (Å²) in [5.74, 6) is 1.24. The molecule has 136 valence electrons. The van der Waals surface area contributed by atoms with E-state index in [1.54, 1.807) is 0 Å². The summed E-state index contributed by atoms with van der Waals surface area (Å²) in [5, 5.41) is 14.7. The largest absolute Gasteiger partial charge is 0.323 e. The molecule has 3 heterocycles. The fourth-order valence-electron chi connectivity index (χ4n) is 3.49. The lowest BCUT2D eigenvalue weighted by atomic mass is 10.0. The molecule has 1 atom stereocenters. The first kappa shape index (κ1) is 17.5. The number of anilines is 1. The molecule has 2 amide bonds. The number of hydrogen-bond acceptors (Lipinski definition) is 3. The average molecular weight is 344 g/mol. The lowest BCUT2D eigenvalue weighted by Gasteiger charge is -2.25. The van der Waals surface area contributed by atoms with Gasteiger partial charge in [0.2, 0.25) is 0 Å². The Hall–Kier alpha value is -2.31. The zero-order valence-corrected chi connectivity index (χ0v) is 15.5. The molecule has 0 saturated carbocycles. The molecule has 1 aliphatic heterocycles. The number of carbonyl (C=O) groups excluding carboxylic acids is 1. The van der Waals surface area contributed by atoms with Crippen LogP contribution in [0, 0.1) is 19.8 Å². The first-order chi connectivity index (χ1) is 12.0. The van der Waals surface area contributed by atoms with Crippen molar-refractivity contribution >= 4 is 11.8 Å². The van der Waals surface area contributed by atoms with Crippen LogP contribution in [0.25, 0.3) is 0 Å². The summed E-state index contributed by atoms with van der Waals surface area (Å²) in [4.78, 5) is 14.7. The molecule has 0 bridgehead atoms. The smallest absolute Gasteiger partial charge is 0.317 e. The van der Waals surface area contributed by atoms with Gasteiger partial charge in [-0.25, -0.2) is 4.79 Å². The summed E-state index contributed by atoms with van der Waals surface area (Å²) >= 11 is 0. The van der Waals surface area contributed by atoms with E-state index in [1.807, 2.05) is 35.7 Å². The van der Waals surface area contributed by atoms with Crippen LogP contribution in [0.5, 0.6) is 0 Å². The molecule has 0 unspecified atom stereocenters. The van der Waals surface area contributed by atoms with Crippen LogP contribution in [0.3, 0.4) is 0 Å². The van der Waals surface area contributed by atoms with Crippen molar-refractivity contribution in [2.24, 2.45) is 5.92 Å². The van der Waals surface area contributed by atoms with Gasteiger partial charge in [-0.05, 0) is 39.0 Å². The third-order valence-electron chi connectivity index (χ3n) is 4.84. The number of nitrogens with one attached hydrogen (secondary N) is 2. The summed E-state index contributed by atoms with van der Waals surface area (Å²) in [7, 11) is 0. The molecule has 1 fully saturated rings. The number of hydrogen-bond donors (Lipinski definition) is 2. The molecule has 0 aromatic carbocycles. The van der Waals surface area contributed by atoms with E-state index in [4.69, 9.17) is 0 Å². The second-order valence-corrected chi connectivity index (χ2v) is 7.28. The summed E-state index contributed by atoms with van der Waals surface area (Å²) in [6.07, 6.45) is 4.97. The van der Waals surface area contributed by atoms with Gasteiger partial charge in [-0.2, -0.15) is 10.2 Å². The van der Waals surface area contributed by atoms with Gasteiger partial charge in [0, 0.05) is 36.6 Å². The molecule has 0 spiro atoms. The van der Waals surface area contributed by atoms with Gasteiger partial charge in [-0.3, -0.25) is 15.1 Å². The van der Waals surface area contributed by atoms with Crippen molar-refractivity contribution in [3.8, 4) is 0 Å². The number of likely N-dealkylation sites (tertiary alicyclic amines) is 1. The monoisotopic (exact) mass is 344 g/mol. The van der Waals surface area contributed by atoms with Crippen molar-refractivity contribution < 1.29 is 4.79 Å². The molecule has 0 radical (unpaired) electrons. The third-order valence-corrected chi connectivity index (χ3v) is 4.84. The highest BCUT2D eigenvalue weighted by molar-refractivity contribution is 5.88. The fraction of sp³-hybridized carbons (Fsp3) is 0.611. The van der Waals surface area contributed by atoms with Crippen LogP contribution in [0.4, 0.5) is 10.6 Å². The Morgan fingerprint density at radius 2 is 2.24 bits per heavy atom. The maximum atomic E-state index is 12.8. The van der Waals surface area contributed by atoms with Crippen molar-refractivity contribution in [3.05, 3.63) is 29.2 Å². The molecule has 25 heavy (non-hydrogen) atoms. The fourth-order valence-corrected chi connectivity index (χ4v) is 3.49. The highest BCUT2D eigenvalue weighted by Crippen LogP contribution is 2.35. The Kier molecular flexibility index (Phi) is 5.11. The second-order valence-electron chi connectivity index (χ2n) is 7.28. The van der Waals surface area contributed by atoms with E-state index >= 15 is 0 Å². The van der Waals surface area contributed by atoms with Crippen LogP contribution in [0.2, 0.25) is 0 Å². The van der Waals surface area contributed by atoms with Crippen molar-refractivity contribution in [1.29, 1.82) is 0 Å². The maximum Gasteiger partial charge on any atom is 0.323 e. The van der Waals surface area contributed by atoms with Crippen LogP contribution in [0.15, 0.2) is 12.3 Å². The molecule has 7 heteroatoms. The number of nitrogens with zero attached hydrogens (tertiary/aromatic N) is 4.